The van der Waals surface area contributed by atoms with E-state index in [0.29, 0.717) is 22.4 Å². The molecule has 1 fully saturated rings. The van der Waals surface area contributed by atoms with E-state index in [-0.39, 0.29) is 23.9 Å². The number of aromatic nitrogens is 6. The van der Waals surface area contributed by atoms with Crippen LogP contribution in [0.2, 0.25) is 5.02 Å². The maximum atomic E-state index is 13.4. The van der Waals surface area contributed by atoms with E-state index in [9.17, 15) is 8.42 Å². The van der Waals surface area contributed by atoms with Crippen LogP contribution in [0.1, 0.15) is 37.7 Å². The molecule has 0 unspecified atom stereocenters. The largest absolute Gasteiger partial charge is 0.481 e. The molecule has 1 saturated carbocycles. The Balaban J connectivity index is 1.69. The Morgan fingerprint density at radius 3 is 2.49 bits per heavy atom. The van der Waals surface area contributed by atoms with Crippen LogP contribution in [0.5, 0.6) is 5.88 Å². The highest BCUT2D eigenvalue weighted by atomic mass is 35.5. The van der Waals surface area contributed by atoms with Crippen LogP contribution < -0.4 is 9.46 Å². The fourth-order valence-corrected chi connectivity index (χ4v) is 5.12. The normalized spacial score (nSPS) is 19.6. The minimum atomic E-state index is -4.03. The van der Waals surface area contributed by atoms with Gasteiger partial charge in [-0.2, -0.15) is 0 Å². The third-order valence-electron chi connectivity index (χ3n) is 5.97. The monoisotopic (exact) mass is 523 g/mol. The zero-order valence-corrected chi connectivity index (χ0v) is 21.2. The number of nitrogens with zero attached hydrogens (tertiary/aromatic N) is 6. The van der Waals surface area contributed by atoms with Crippen LogP contribution in [0, 0.1) is 0 Å². The van der Waals surface area contributed by atoms with E-state index in [0.717, 1.165) is 12.8 Å². The van der Waals surface area contributed by atoms with E-state index < -0.39 is 21.4 Å². The van der Waals surface area contributed by atoms with Gasteiger partial charge >= 0.3 is 0 Å². The predicted octanol–water partition coefficient (Wildman–Crippen LogP) is 2.66. The summed E-state index contributed by atoms with van der Waals surface area (Å²) in [6.45, 7) is 1.50. The Labute approximate surface area is 208 Å². The second-order valence-corrected chi connectivity index (χ2v) is 10.4. The van der Waals surface area contributed by atoms with Gasteiger partial charge in [0, 0.05) is 32.7 Å². The van der Waals surface area contributed by atoms with Crippen molar-refractivity contribution in [1.29, 1.82) is 0 Å². The van der Waals surface area contributed by atoms with Crippen molar-refractivity contribution in [2.75, 3.05) is 26.1 Å². The van der Waals surface area contributed by atoms with Gasteiger partial charge in [0.05, 0.1) is 24.3 Å². The molecule has 14 heteroatoms. The summed E-state index contributed by atoms with van der Waals surface area (Å²) in [5.74, 6) is 1.03. The molecule has 0 radical (unpaired) electrons. The summed E-state index contributed by atoms with van der Waals surface area (Å²) in [5.41, 5.74) is 0.487. The maximum Gasteiger partial charge on any atom is 0.240 e. The number of nitrogens with one attached hydrogen (secondary N) is 1. The number of anilines is 1. The van der Waals surface area contributed by atoms with Crippen molar-refractivity contribution in [3.63, 3.8) is 0 Å². The molecular formula is C21H26ClN7O5S. The van der Waals surface area contributed by atoms with Crippen molar-refractivity contribution in [1.82, 2.24) is 29.7 Å². The van der Waals surface area contributed by atoms with Crippen molar-refractivity contribution in [3.8, 4) is 17.4 Å². The summed E-state index contributed by atoms with van der Waals surface area (Å²) >= 11 is 5.86. The van der Waals surface area contributed by atoms with Crippen molar-refractivity contribution < 1.29 is 22.6 Å². The molecule has 1 aliphatic rings. The first kappa shape index (κ1) is 25.2. The number of rotatable bonds is 10. The van der Waals surface area contributed by atoms with E-state index in [1.54, 1.807) is 29.9 Å². The lowest BCUT2D eigenvalue weighted by atomic mass is 9.88. The molecule has 188 valence electrons. The Morgan fingerprint density at radius 1 is 1.14 bits per heavy atom. The fourth-order valence-electron chi connectivity index (χ4n) is 3.88. The number of halogens is 1. The first-order valence-electron chi connectivity index (χ1n) is 10.8. The van der Waals surface area contributed by atoms with Gasteiger partial charge in [-0.3, -0.25) is 9.29 Å². The Hall–Kier alpha value is -2.87. The Morgan fingerprint density at radius 2 is 1.89 bits per heavy atom. The third kappa shape index (κ3) is 5.08. The van der Waals surface area contributed by atoms with E-state index in [1.165, 1.54) is 33.5 Å². The second-order valence-electron chi connectivity index (χ2n) is 7.97. The molecule has 1 N–H and O–H groups in total. The molecule has 0 spiro atoms. The van der Waals surface area contributed by atoms with E-state index in [4.69, 9.17) is 25.8 Å². The minimum absolute atomic E-state index is 0.0510. The quantitative estimate of drug-likeness (QED) is 0.421. The van der Waals surface area contributed by atoms with Gasteiger partial charge < -0.3 is 14.2 Å². The topological polar surface area (TPSA) is 143 Å². The molecule has 4 rings (SSSR count). The zero-order chi connectivity index (χ0) is 25.2. The van der Waals surface area contributed by atoms with Crippen LogP contribution in [0.15, 0.2) is 30.6 Å². The number of methoxy groups -OCH3 is 3. The van der Waals surface area contributed by atoms with Crippen LogP contribution in [0.4, 0.5) is 5.95 Å². The van der Waals surface area contributed by atoms with Crippen LogP contribution >= 0.6 is 11.6 Å². The highest BCUT2D eigenvalue weighted by Crippen LogP contribution is 2.39. The van der Waals surface area contributed by atoms with Crippen LogP contribution in [0.25, 0.3) is 11.5 Å². The van der Waals surface area contributed by atoms with Crippen molar-refractivity contribution in [3.05, 3.63) is 41.4 Å². The van der Waals surface area contributed by atoms with E-state index >= 15 is 0 Å². The number of ether oxygens (including phenoxy) is 3. The lowest BCUT2D eigenvalue weighted by Crippen LogP contribution is -2.38. The van der Waals surface area contributed by atoms with Crippen molar-refractivity contribution >= 4 is 27.6 Å². The molecule has 3 heterocycles. The third-order valence-corrected chi connectivity index (χ3v) is 7.85. The second kappa shape index (κ2) is 10.4. The Bertz CT molecular complexity index is 1270. The summed E-state index contributed by atoms with van der Waals surface area (Å²) in [5, 5.41) is 7.66. The maximum absolute atomic E-state index is 13.4. The number of hydrogen-bond donors (Lipinski definition) is 1. The van der Waals surface area contributed by atoms with Gasteiger partial charge in [0.1, 0.15) is 17.0 Å². The lowest BCUT2D eigenvalue weighted by molar-refractivity contribution is -0.00771. The van der Waals surface area contributed by atoms with Gasteiger partial charge in [0.25, 0.3) is 0 Å². The van der Waals surface area contributed by atoms with Crippen LogP contribution in [-0.2, 0) is 19.5 Å². The molecule has 12 nitrogen and oxygen atoms in total. The molecule has 4 atom stereocenters. The molecular weight excluding hydrogens is 498 g/mol. The number of pyridine rings is 1. The molecule has 3 aromatic heterocycles. The average molecular weight is 524 g/mol. The molecule has 0 amide bonds. The molecule has 0 aliphatic heterocycles. The molecule has 3 aromatic rings. The van der Waals surface area contributed by atoms with Gasteiger partial charge in [-0.25, -0.2) is 23.4 Å². The summed E-state index contributed by atoms with van der Waals surface area (Å²) in [7, 11) is 0.496. The van der Waals surface area contributed by atoms with Gasteiger partial charge in [-0.05, 0) is 25.8 Å². The summed E-state index contributed by atoms with van der Waals surface area (Å²) in [4.78, 5) is 12.7. The molecule has 1 aliphatic carbocycles. The summed E-state index contributed by atoms with van der Waals surface area (Å²) in [6.07, 6.45) is 3.29. The molecule has 0 aromatic carbocycles. The van der Waals surface area contributed by atoms with Gasteiger partial charge in [-0.1, -0.05) is 17.7 Å². The standard InChI is InChI=1S/C21H26ClN7O5S/c1-12(18(34-4)19-23-10-13(22)11-24-19)35(30,31)28-21-27-26-20(14-6-5-7-17(25-14)33-3)29(21)15-8-9-16(15)32-2/h5-7,10-12,15-16,18H,8-9H2,1-4H3,(H,27,28)/t12-,15-,16-,18-/m0/s1. The predicted molar refractivity (Wildman–Crippen MR) is 128 cm³/mol. The summed E-state index contributed by atoms with van der Waals surface area (Å²) < 4.78 is 47.3. The first-order chi connectivity index (χ1) is 16.8. The van der Waals surface area contributed by atoms with Gasteiger partial charge in [-0.15, -0.1) is 10.2 Å². The first-order valence-corrected chi connectivity index (χ1v) is 12.7. The fraction of sp³-hybridized carbons (Fsp3) is 0.476. The molecule has 35 heavy (non-hydrogen) atoms. The van der Waals surface area contributed by atoms with Crippen LogP contribution in [-0.4, -0.2) is 70.8 Å². The van der Waals surface area contributed by atoms with Gasteiger partial charge in [0.15, 0.2) is 11.6 Å². The molecule has 0 bridgehead atoms. The smallest absolute Gasteiger partial charge is 0.240 e. The highest BCUT2D eigenvalue weighted by Gasteiger charge is 2.39. The zero-order valence-electron chi connectivity index (χ0n) is 19.6. The van der Waals surface area contributed by atoms with E-state index in [2.05, 4.69) is 29.9 Å². The van der Waals surface area contributed by atoms with Crippen molar-refractivity contribution in [2.45, 2.75) is 43.3 Å². The van der Waals surface area contributed by atoms with Crippen molar-refractivity contribution in [2.24, 2.45) is 0 Å². The lowest BCUT2D eigenvalue weighted by Gasteiger charge is -2.37. The minimum Gasteiger partial charge on any atom is -0.481 e. The SMILES string of the molecule is COc1cccc(-c2nnc(NS(=O)(=O)[C@@H](C)[C@H](OC)c3ncc(Cl)cn3)n2[C@H]2CC[C@@H]2OC)n1. The average Bonchev–Trinajstić information content (AvgIpc) is 3.22. The Kier molecular flexibility index (Phi) is 7.50. The molecule has 0 saturated heterocycles. The highest BCUT2D eigenvalue weighted by molar-refractivity contribution is 7.93. The number of hydrogen-bond acceptors (Lipinski definition) is 10. The van der Waals surface area contributed by atoms with Gasteiger partial charge in [0.2, 0.25) is 21.9 Å². The van der Waals surface area contributed by atoms with Crippen LogP contribution in [0.3, 0.4) is 0 Å². The number of sulfonamides is 1. The van der Waals surface area contributed by atoms with E-state index in [1.807, 2.05) is 0 Å². The summed E-state index contributed by atoms with van der Waals surface area (Å²) in [6, 6.07) is 5.06.